The lowest BCUT2D eigenvalue weighted by molar-refractivity contribution is -0.151. The molecule has 0 spiro atoms. The molecule has 1 aromatic heterocycles. The topological polar surface area (TPSA) is 52.6 Å². The highest BCUT2D eigenvalue weighted by molar-refractivity contribution is 9.10. The number of benzene rings is 1. The van der Waals surface area contributed by atoms with Crippen LogP contribution in [0, 0.1) is 5.92 Å². The second kappa shape index (κ2) is 9.52. The molecule has 0 aliphatic heterocycles. The summed E-state index contributed by atoms with van der Waals surface area (Å²) in [6, 6.07) is 9.58. The number of carbonyl (C=O) groups is 2. The molecule has 0 saturated heterocycles. The lowest BCUT2D eigenvalue weighted by Crippen LogP contribution is -2.34. The fourth-order valence-electron chi connectivity index (χ4n) is 3.39. The molecular weight excluding hydrogens is 440 g/mol. The van der Waals surface area contributed by atoms with Gasteiger partial charge in [0.05, 0.1) is 18.1 Å². The number of Topliss-reactive ketones (excluding diaryl/α,β-unsaturated/α-hetero) is 1. The van der Waals surface area contributed by atoms with Gasteiger partial charge in [-0.15, -0.1) is 11.3 Å². The third-order valence-corrected chi connectivity index (χ3v) is 6.58. The van der Waals surface area contributed by atoms with Gasteiger partial charge in [0.25, 0.3) is 0 Å². The van der Waals surface area contributed by atoms with Crippen molar-refractivity contribution in [2.75, 3.05) is 13.2 Å². The van der Waals surface area contributed by atoms with Gasteiger partial charge in [-0.2, -0.15) is 0 Å². The van der Waals surface area contributed by atoms with Gasteiger partial charge in [0, 0.05) is 16.0 Å². The number of halogens is 1. The van der Waals surface area contributed by atoms with E-state index in [1.54, 1.807) is 6.92 Å². The van der Waals surface area contributed by atoms with E-state index in [1.807, 2.05) is 41.8 Å². The molecule has 2 unspecified atom stereocenters. The largest absolute Gasteiger partial charge is 0.494 e. The molecule has 1 aliphatic rings. The Morgan fingerprint density at radius 1 is 1.21 bits per heavy atom. The van der Waals surface area contributed by atoms with Gasteiger partial charge in [-0.05, 0) is 64.8 Å². The Morgan fingerprint density at radius 3 is 2.57 bits per heavy atom. The summed E-state index contributed by atoms with van der Waals surface area (Å²) < 4.78 is 11.8. The summed E-state index contributed by atoms with van der Waals surface area (Å²) >= 11 is 4.98. The lowest BCUT2D eigenvalue weighted by atomic mass is 9.74. The first-order chi connectivity index (χ1) is 13.6. The monoisotopic (exact) mass is 462 g/mol. The van der Waals surface area contributed by atoms with Crippen LogP contribution in [0.2, 0.25) is 0 Å². The fourth-order valence-corrected chi connectivity index (χ4v) is 5.02. The van der Waals surface area contributed by atoms with Crippen molar-refractivity contribution in [2.24, 2.45) is 5.92 Å². The van der Waals surface area contributed by atoms with Crippen LogP contribution in [-0.4, -0.2) is 25.0 Å². The van der Waals surface area contributed by atoms with E-state index in [0.717, 1.165) is 27.1 Å². The number of allylic oxidation sites excluding steroid dienone is 2. The molecule has 2 atom stereocenters. The van der Waals surface area contributed by atoms with Crippen LogP contribution in [-0.2, 0) is 14.3 Å². The first-order valence-electron chi connectivity index (χ1n) is 9.43. The Bertz CT molecular complexity index is 869. The van der Waals surface area contributed by atoms with Gasteiger partial charge in [0.2, 0.25) is 0 Å². The van der Waals surface area contributed by atoms with E-state index >= 15 is 0 Å². The molecular formula is C22H23BrO4S. The summed E-state index contributed by atoms with van der Waals surface area (Å²) in [6.07, 6.45) is 3.49. The van der Waals surface area contributed by atoms with Crippen molar-refractivity contribution in [3.63, 3.8) is 0 Å². The Morgan fingerprint density at radius 2 is 1.96 bits per heavy atom. The number of ether oxygens (including phenoxy) is 2. The van der Waals surface area contributed by atoms with Gasteiger partial charge >= 0.3 is 5.97 Å². The maximum atomic E-state index is 13.3. The third-order valence-electron chi connectivity index (χ3n) is 4.71. The van der Waals surface area contributed by atoms with E-state index in [2.05, 4.69) is 22.9 Å². The van der Waals surface area contributed by atoms with E-state index in [-0.39, 0.29) is 18.3 Å². The number of rotatable bonds is 7. The zero-order chi connectivity index (χ0) is 20.1. The highest BCUT2D eigenvalue weighted by Gasteiger charge is 2.41. The highest BCUT2D eigenvalue weighted by atomic mass is 79.9. The van der Waals surface area contributed by atoms with Crippen LogP contribution >= 0.6 is 27.3 Å². The molecule has 1 heterocycles. The summed E-state index contributed by atoms with van der Waals surface area (Å²) in [7, 11) is 0. The molecule has 0 amide bonds. The third kappa shape index (κ3) is 4.39. The zero-order valence-corrected chi connectivity index (χ0v) is 18.3. The van der Waals surface area contributed by atoms with Crippen molar-refractivity contribution in [1.82, 2.24) is 0 Å². The molecule has 6 heteroatoms. The van der Waals surface area contributed by atoms with Crippen molar-refractivity contribution >= 4 is 44.6 Å². The maximum absolute atomic E-state index is 13.3. The summed E-state index contributed by atoms with van der Waals surface area (Å²) in [4.78, 5) is 26.8. The van der Waals surface area contributed by atoms with Crippen molar-refractivity contribution < 1.29 is 19.1 Å². The maximum Gasteiger partial charge on any atom is 0.317 e. The molecule has 0 bridgehead atoms. The van der Waals surface area contributed by atoms with Gasteiger partial charge in [0.15, 0.2) is 5.78 Å². The molecule has 2 aromatic rings. The number of hydrogen-bond donors (Lipinski definition) is 0. The zero-order valence-electron chi connectivity index (χ0n) is 15.9. The van der Waals surface area contributed by atoms with Crippen LogP contribution in [0.5, 0.6) is 5.75 Å². The predicted octanol–water partition coefficient (Wildman–Crippen LogP) is 5.62. The Labute approximate surface area is 177 Å². The Balaban J connectivity index is 1.93. The smallest absolute Gasteiger partial charge is 0.317 e. The second-order valence-corrected chi connectivity index (χ2v) is 8.34. The van der Waals surface area contributed by atoms with Crippen molar-refractivity contribution in [2.45, 2.75) is 32.6 Å². The predicted molar refractivity (Wildman–Crippen MR) is 115 cm³/mol. The molecule has 3 rings (SSSR count). The van der Waals surface area contributed by atoms with Gasteiger partial charge in [0.1, 0.15) is 11.7 Å². The Kier molecular flexibility index (Phi) is 7.08. The molecule has 0 N–H and O–H groups in total. The van der Waals surface area contributed by atoms with Crippen LogP contribution in [0.25, 0.3) is 5.57 Å². The average Bonchev–Trinajstić information content (AvgIpc) is 3.12. The van der Waals surface area contributed by atoms with E-state index in [1.165, 1.54) is 11.3 Å². The molecule has 148 valence electrons. The molecule has 0 radical (unpaired) electrons. The summed E-state index contributed by atoms with van der Waals surface area (Å²) in [5.74, 6) is -0.920. The first-order valence-corrected chi connectivity index (χ1v) is 11.1. The van der Waals surface area contributed by atoms with Crippen LogP contribution in [0.4, 0.5) is 0 Å². The normalized spacial score (nSPS) is 19.2. The van der Waals surface area contributed by atoms with Crippen LogP contribution in [0.3, 0.4) is 0 Å². The quantitative estimate of drug-likeness (QED) is 0.395. The summed E-state index contributed by atoms with van der Waals surface area (Å²) in [5.41, 5.74) is 1.54. The molecule has 0 saturated carbocycles. The van der Waals surface area contributed by atoms with E-state index in [4.69, 9.17) is 9.47 Å². The van der Waals surface area contributed by atoms with E-state index < -0.39 is 11.9 Å². The number of carbonyl (C=O) groups excluding carboxylic acids is 2. The number of thiophene rings is 1. The van der Waals surface area contributed by atoms with Crippen LogP contribution < -0.4 is 4.74 Å². The number of hydrogen-bond acceptors (Lipinski definition) is 5. The lowest BCUT2D eigenvalue weighted by Gasteiger charge is -2.29. The number of esters is 1. The summed E-state index contributed by atoms with van der Waals surface area (Å²) in [6.45, 7) is 4.73. The van der Waals surface area contributed by atoms with Crippen LogP contribution in [0.15, 0.2) is 46.3 Å². The molecule has 0 fully saturated rings. The molecule has 4 nitrogen and oxygen atoms in total. The van der Waals surface area contributed by atoms with Crippen LogP contribution in [0.1, 0.15) is 43.0 Å². The van der Waals surface area contributed by atoms with Gasteiger partial charge in [-0.3, -0.25) is 9.59 Å². The second-order valence-electron chi connectivity index (χ2n) is 6.57. The summed E-state index contributed by atoms with van der Waals surface area (Å²) in [5, 5.41) is 1.92. The van der Waals surface area contributed by atoms with Crippen molar-refractivity contribution in [3.05, 3.63) is 56.7 Å². The van der Waals surface area contributed by atoms with Crippen molar-refractivity contribution in [3.8, 4) is 5.75 Å². The molecule has 1 aromatic carbocycles. The highest BCUT2D eigenvalue weighted by Crippen LogP contribution is 2.42. The minimum absolute atomic E-state index is 0.177. The minimum atomic E-state index is -0.837. The van der Waals surface area contributed by atoms with E-state index in [9.17, 15) is 9.59 Å². The molecule has 1 aliphatic carbocycles. The van der Waals surface area contributed by atoms with Gasteiger partial charge < -0.3 is 9.47 Å². The average molecular weight is 463 g/mol. The standard InChI is InChI=1S/C22H23BrO4S/c1-3-12-27-15-7-5-14(6-8-15)16-9-10-17(21-18(23)11-13-28-21)20(24)19(16)22(25)26-4-2/h5-8,10-11,13,16,19H,3-4,9,12H2,1-2H3. The fraction of sp³-hybridized carbons (Fsp3) is 0.364. The van der Waals surface area contributed by atoms with Crippen molar-refractivity contribution in [1.29, 1.82) is 0 Å². The Hall–Kier alpha value is -1.92. The number of ketones is 1. The minimum Gasteiger partial charge on any atom is -0.494 e. The van der Waals surface area contributed by atoms with Gasteiger partial charge in [-0.25, -0.2) is 0 Å². The SMILES string of the molecule is CCCOc1ccc(C2CC=C(c3sccc3Br)C(=O)C2C(=O)OCC)cc1. The van der Waals surface area contributed by atoms with E-state index in [0.29, 0.717) is 18.6 Å². The molecule has 28 heavy (non-hydrogen) atoms. The first kappa shape index (κ1) is 20.8. The van der Waals surface area contributed by atoms with Gasteiger partial charge in [-0.1, -0.05) is 25.1 Å².